The molecule has 0 aromatic heterocycles. The number of benzene rings is 1. The van der Waals surface area contributed by atoms with Crippen LogP contribution in [-0.2, 0) is 16.0 Å². The molecular weight excluding hydrogens is 419 g/mol. The van der Waals surface area contributed by atoms with Gasteiger partial charge >= 0.3 is 9.15 Å². The van der Waals surface area contributed by atoms with E-state index in [1.54, 1.807) is 7.11 Å². The van der Waals surface area contributed by atoms with Crippen LogP contribution in [0.4, 0.5) is 0 Å². The zero-order chi connectivity index (χ0) is 13.3. The van der Waals surface area contributed by atoms with Crippen LogP contribution in [0, 0.1) is 0 Å². The SMILES string of the molecule is BrB(Br)Br.COC(=O)Cc1ccc(OC)cc1. The minimum Gasteiger partial charge on any atom is -0.497 e. The monoisotopic (exact) mass is 428 g/mol. The fourth-order valence-corrected chi connectivity index (χ4v) is 0.982. The van der Waals surface area contributed by atoms with Crippen LogP contribution in [0.1, 0.15) is 5.56 Å². The molecule has 0 aliphatic heterocycles. The van der Waals surface area contributed by atoms with Crippen LogP contribution in [-0.4, -0.2) is 23.4 Å². The molecule has 3 nitrogen and oxygen atoms in total. The van der Waals surface area contributed by atoms with E-state index in [-0.39, 0.29) is 9.15 Å². The Bertz CT molecular complexity index is 327. The Morgan fingerprint density at radius 2 is 1.65 bits per heavy atom. The molecule has 0 fully saturated rings. The maximum absolute atomic E-state index is 10.9. The molecule has 0 spiro atoms. The van der Waals surface area contributed by atoms with E-state index in [0.29, 0.717) is 6.42 Å². The minimum atomic E-state index is -0.231. The summed E-state index contributed by atoms with van der Waals surface area (Å²) < 4.78 is 9.80. The number of ether oxygens (including phenoxy) is 2. The highest BCUT2D eigenvalue weighted by Crippen LogP contribution is 2.11. The topological polar surface area (TPSA) is 35.5 Å². The highest BCUT2D eigenvalue weighted by atomic mass is 79.9. The van der Waals surface area contributed by atoms with E-state index in [1.807, 2.05) is 24.3 Å². The zero-order valence-electron chi connectivity index (χ0n) is 9.45. The Hall–Kier alpha value is -0.00506. The first-order chi connectivity index (χ1) is 7.99. The molecule has 0 bridgehead atoms. The van der Waals surface area contributed by atoms with E-state index in [0.717, 1.165) is 11.3 Å². The van der Waals surface area contributed by atoms with Gasteiger partial charge in [0.05, 0.1) is 20.6 Å². The maximum Gasteiger partial charge on any atom is 0.369 e. The number of carbonyl (C=O) groups excluding carboxylic acids is 1. The Morgan fingerprint density at radius 3 is 2.00 bits per heavy atom. The van der Waals surface area contributed by atoms with Crippen LogP contribution in [0.3, 0.4) is 0 Å². The molecule has 0 atom stereocenters. The molecule has 94 valence electrons. The molecule has 0 heterocycles. The van der Waals surface area contributed by atoms with E-state index < -0.39 is 0 Å². The number of hydrogen-bond acceptors (Lipinski definition) is 3. The van der Waals surface area contributed by atoms with Gasteiger partial charge in [-0.2, -0.15) is 0 Å². The summed E-state index contributed by atoms with van der Waals surface area (Å²) in [6.45, 7) is 0. The second kappa shape index (κ2) is 9.97. The molecule has 0 unspecified atom stereocenters. The fraction of sp³-hybridized carbons (Fsp3) is 0.300. The summed E-state index contributed by atoms with van der Waals surface area (Å²) in [6.07, 6.45) is 0.306. The van der Waals surface area contributed by atoms with Crippen LogP contribution in [0.2, 0.25) is 0 Å². The van der Waals surface area contributed by atoms with Gasteiger partial charge in [0.15, 0.2) is 0 Å². The normalized spacial score (nSPS) is 8.76. The van der Waals surface area contributed by atoms with E-state index in [1.165, 1.54) is 7.11 Å². The van der Waals surface area contributed by atoms with Gasteiger partial charge in [0, 0.05) is 0 Å². The number of esters is 1. The first kappa shape index (κ1) is 17.0. The van der Waals surface area contributed by atoms with Crippen LogP contribution >= 0.6 is 47.3 Å². The average molecular weight is 431 g/mol. The molecule has 0 amide bonds. The lowest BCUT2D eigenvalue weighted by molar-refractivity contribution is -0.139. The second-order valence-electron chi connectivity index (χ2n) is 2.85. The van der Waals surface area contributed by atoms with Gasteiger partial charge in [0.25, 0.3) is 0 Å². The standard InChI is InChI=1S/C10H12O3.BBr3/c1-12-9-5-3-8(4-6-9)7-10(11)13-2;2-1(3)4/h3-6H,7H2,1-2H3;. The van der Waals surface area contributed by atoms with Crippen molar-refractivity contribution >= 4 is 56.4 Å². The number of rotatable bonds is 3. The third kappa shape index (κ3) is 9.67. The Balaban J connectivity index is 0.000000557. The van der Waals surface area contributed by atoms with Crippen molar-refractivity contribution in [2.45, 2.75) is 6.42 Å². The maximum atomic E-state index is 10.9. The third-order valence-corrected chi connectivity index (χ3v) is 1.74. The van der Waals surface area contributed by atoms with Crippen molar-refractivity contribution in [2.24, 2.45) is 0 Å². The Kier molecular flexibility index (Phi) is 9.96. The van der Waals surface area contributed by atoms with Gasteiger partial charge in [-0.15, -0.1) is 47.3 Å². The lowest BCUT2D eigenvalue weighted by Crippen LogP contribution is -2.04. The lowest BCUT2D eigenvalue weighted by atomic mass is 10.1. The van der Waals surface area contributed by atoms with Gasteiger partial charge in [-0.1, -0.05) is 12.1 Å². The summed E-state index contributed by atoms with van der Waals surface area (Å²) in [5.74, 6) is 0.554. The molecule has 0 N–H and O–H groups in total. The van der Waals surface area contributed by atoms with Crippen molar-refractivity contribution in [3.8, 4) is 5.75 Å². The molecule has 7 heteroatoms. The quantitative estimate of drug-likeness (QED) is 0.543. The zero-order valence-corrected chi connectivity index (χ0v) is 14.2. The summed E-state index contributed by atoms with van der Waals surface area (Å²) in [4.78, 5) is 10.9. The molecule has 1 rings (SSSR count). The van der Waals surface area contributed by atoms with Crippen molar-refractivity contribution in [2.75, 3.05) is 14.2 Å². The Morgan fingerprint density at radius 1 is 1.18 bits per heavy atom. The van der Waals surface area contributed by atoms with Crippen LogP contribution in [0.15, 0.2) is 24.3 Å². The van der Waals surface area contributed by atoms with Gasteiger partial charge < -0.3 is 9.47 Å². The number of methoxy groups -OCH3 is 2. The molecule has 0 saturated carbocycles. The third-order valence-electron chi connectivity index (χ3n) is 1.74. The summed E-state index contributed by atoms with van der Waals surface area (Å²) in [6, 6.07) is 7.32. The summed E-state index contributed by atoms with van der Waals surface area (Å²) >= 11 is 9.31. The van der Waals surface area contributed by atoms with E-state index in [2.05, 4.69) is 52.0 Å². The van der Waals surface area contributed by atoms with E-state index >= 15 is 0 Å². The van der Waals surface area contributed by atoms with Crippen molar-refractivity contribution in [3.63, 3.8) is 0 Å². The predicted octanol–water partition coefficient (Wildman–Crippen LogP) is 3.57. The smallest absolute Gasteiger partial charge is 0.369 e. The van der Waals surface area contributed by atoms with E-state index in [4.69, 9.17) is 4.74 Å². The number of halogens is 3. The number of hydrogen-bond donors (Lipinski definition) is 0. The van der Waals surface area contributed by atoms with Gasteiger partial charge in [0.1, 0.15) is 5.75 Å². The molecule has 0 radical (unpaired) electrons. The first-order valence-corrected chi connectivity index (χ1v) is 7.36. The average Bonchev–Trinajstić information content (AvgIpc) is 2.29. The molecule has 0 saturated heterocycles. The molecule has 1 aromatic carbocycles. The summed E-state index contributed by atoms with van der Waals surface area (Å²) in [5, 5.41) is 0. The molecule has 0 aliphatic carbocycles. The van der Waals surface area contributed by atoms with Crippen molar-refractivity contribution < 1.29 is 14.3 Å². The van der Waals surface area contributed by atoms with Gasteiger partial charge in [-0.25, -0.2) is 0 Å². The van der Waals surface area contributed by atoms with Crippen molar-refractivity contribution in [3.05, 3.63) is 29.8 Å². The Labute approximate surface area is 126 Å². The molecular formula is C10H12BBr3O3. The highest BCUT2D eigenvalue weighted by Gasteiger charge is 2.01. The van der Waals surface area contributed by atoms with Gasteiger partial charge in [-0.05, 0) is 17.7 Å². The highest BCUT2D eigenvalue weighted by molar-refractivity contribution is 9.69. The fourth-order valence-electron chi connectivity index (χ4n) is 0.982. The largest absolute Gasteiger partial charge is 0.497 e. The van der Waals surface area contributed by atoms with Crippen molar-refractivity contribution in [1.82, 2.24) is 0 Å². The lowest BCUT2D eigenvalue weighted by Gasteiger charge is -2.01. The van der Waals surface area contributed by atoms with Crippen LogP contribution in [0.25, 0.3) is 0 Å². The summed E-state index contributed by atoms with van der Waals surface area (Å²) in [7, 11) is 2.99. The summed E-state index contributed by atoms with van der Waals surface area (Å²) in [5.41, 5.74) is 0.924. The molecule has 17 heavy (non-hydrogen) atoms. The predicted molar refractivity (Wildman–Crippen MR) is 81.2 cm³/mol. The van der Waals surface area contributed by atoms with Gasteiger partial charge in [0.2, 0.25) is 0 Å². The second-order valence-corrected chi connectivity index (χ2v) is 9.28. The van der Waals surface area contributed by atoms with Gasteiger partial charge in [-0.3, -0.25) is 4.79 Å². The number of carbonyl (C=O) groups is 1. The van der Waals surface area contributed by atoms with Crippen LogP contribution in [0.5, 0.6) is 5.75 Å². The molecule has 1 aromatic rings. The minimum absolute atomic E-state index is 0.231. The van der Waals surface area contributed by atoms with Crippen LogP contribution < -0.4 is 4.74 Å². The molecule has 0 aliphatic rings. The van der Waals surface area contributed by atoms with Crippen molar-refractivity contribution in [1.29, 1.82) is 0 Å². The van der Waals surface area contributed by atoms with E-state index in [9.17, 15) is 4.79 Å². The first-order valence-electron chi connectivity index (χ1n) is 4.61.